The lowest BCUT2D eigenvalue weighted by atomic mass is 9.86. The van der Waals surface area contributed by atoms with Gasteiger partial charge in [0, 0.05) is 30.8 Å². The highest BCUT2D eigenvalue weighted by molar-refractivity contribution is 5.76. The van der Waals surface area contributed by atoms with E-state index in [0.717, 1.165) is 6.42 Å². The molecule has 22 heavy (non-hydrogen) atoms. The molecule has 1 amide bonds. The minimum absolute atomic E-state index is 0.0295. The van der Waals surface area contributed by atoms with Gasteiger partial charge in [0.25, 0.3) is 0 Å². The van der Waals surface area contributed by atoms with Gasteiger partial charge in [-0.1, -0.05) is 19.8 Å². The van der Waals surface area contributed by atoms with Crippen LogP contribution in [-0.2, 0) is 11.3 Å². The van der Waals surface area contributed by atoms with Gasteiger partial charge in [-0.15, -0.1) is 0 Å². The van der Waals surface area contributed by atoms with Crippen molar-refractivity contribution in [3.05, 3.63) is 31.0 Å². The van der Waals surface area contributed by atoms with E-state index in [1.54, 1.807) is 31.0 Å². The maximum absolute atomic E-state index is 12.3. The molecule has 0 bridgehead atoms. The van der Waals surface area contributed by atoms with Crippen LogP contribution in [0.15, 0.2) is 31.0 Å². The summed E-state index contributed by atoms with van der Waals surface area (Å²) in [5.41, 5.74) is 0.673. The first kappa shape index (κ1) is 14.7. The number of hydrogen-bond acceptors (Lipinski definition) is 4. The zero-order chi connectivity index (χ0) is 15.4. The molecule has 116 valence electrons. The molecule has 1 N–H and O–H groups in total. The van der Waals surface area contributed by atoms with E-state index in [2.05, 4.69) is 27.2 Å². The topological polar surface area (TPSA) is 72.7 Å². The molecule has 0 saturated heterocycles. The minimum atomic E-state index is 0.0295. The number of carbonyl (C=O) groups is 1. The molecular formula is C16H21N5O. The third-order valence-corrected chi connectivity index (χ3v) is 4.28. The molecule has 0 aliphatic heterocycles. The van der Waals surface area contributed by atoms with Crippen molar-refractivity contribution in [2.24, 2.45) is 5.92 Å². The number of carbonyl (C=O) groups excluding carboxylic acids is 1. The summed E-state index contributed by atoms with van der Waals surface area (Å²) < 4.78 is 1.81. The molecule has 6 nitrogen and oxygen atoms in total. The van der Waals surface area contributed by atoms with Gasteiger partial charge in [-0.3, -0.25) is 9.78 Å². The van der Waals surface area contributed by atoms with Crippen molar-refractivity contribution in [1.82, 2.24) is 24.8 Å². The fourth-order valence-corrected chi connectivity index (χ4v) is 3.02. The Morgan fingerprint density at radius 1 is 1.27 bits per heavy atom. The third-order valence-electron chi connectivity index (χ3n) is 4.28. The van der Waals surface area contributed by atoms with E-state index in [9.17, 15) is 4.79 Å². The Labute approximate surface area is 130 Å². The maximum atomic E-state index is 12.3. The van der Waals surface area contributed by atoms with Crippen LogP contribution in [0.1, 0.15) is 32.6 Å². The molecule has 2 atom stereocenters. The van der Waals surface area contributed by atoms with Gasteiger partial charge in [-0.05, 0) is 18.8 Å². The van der Waals surface area contributed by atoms with Crippen LogP contribution in [0.2, 0.25) is 0 Å². The van der Waals surface area contributed by atoms with E-state index in [1.807, 2.05) is 4.57 Å². The number of nitrogens with one attached hydrogen (secondary N) is 1. The van der Waals surface area contributed by atoms with Crippen molar-refractivity contribution < 1.29 is 4.79 Å². The van der Waals surface area contributed by atoms with Crippen LogP contribution in [0, 0.1) is 5.92 Å². The van der Waals surface area contributed by atoms with E-state index in [1.165, 1.54) is 19.3 Å². The third kappa shape index (κ3) is 3.32. The van der Waals surface area contributed by atoms with Crippen molar-refractivity contribution in [1.29, 1.82) is 0 Å². The van der Waals surface area contributed by atoms with Crippen LogP contribution in [0.5, 0.6) is 0 Å². The number of nitrogens with zero attached hydrogens (tertiary/aromatic N) is 4. The second-order valence-corrected chi connectivity index (χ2v) is 5.91. The zero-order valence-corrected chi connectivity index (χ0v) is 12.8. The Balaban J connectivity index is 1.66. The van der Waals surface area contributed by atoms with Crippen molar-refractivity contribution in [3.8, 4) is 11.5 Å². The van der Waals surface area contributed by atoms with Crippen molar-refractivity contribution in [2.75, 3.05) is 0 Å². The van der Waals surface area contributed by atoms with Crippen molar-refractivity contribution >= 4 is 5.91 Å². The van der Waals surface area contributed by atoms with E-state index >= 15 is 0 Å². The first-order valence-electron chi connectivity index (χ1n) is 7.81. The van der Waals surface area contributed by atoms with Crippen molar-refractivity contribution in [3.63, 3.8) is 0 Å². The van der Waals surface area contributed by atoms with Gasteiger partial charge in [0.15, 0.2) is 5.82 Å². The van der Waals surface area contributed by atoms with Crippen molar-refractivity contribution in [2.45, 2.75) is 45.2 Å². The number of aromatic nitrogens is 4. The van der Waals surface area contributed by atoms with Crippen LogP contribution in [0.25, 0.3) is 11.5 Å². The Bertz CT molecular complexity index is 624. The average molecular weight is 299 g/mol. The normalized spacial score (nSPS) is 21.5. The largest absolute Gasteiger partial charge is 0.352 e. The summed E-state index contributed by atoms with van der Waals surface area (Å²) in [7, 11) is 0. The van der Waals surface area contributed by atoms with Crippen LogP contribution in [-0.4, -0.2) is 31.5 Å². The summed E-state index contributed by atoms with van der Waals surface area (Å²) >= 11 is 0. The molecule has 0 radical (unpaired) electrons. The predicted molar refractivity (Wildman–Crippen MR) is 82.8 cm³/mol. The standard InChI is InChI=1S/C16H21N5O/c1-12-4-2-3-5-13(12)20-15(22)11-21-9-8-19-16(21)14-10-17-6-7-18-14/h6-10,12-13H,2-5,11H2,1H3,(H,20,22)/t12-,13-/m0/s1. The molecule has 6 heteroatoms. The second kappa shape index (κ2) is 6.68. The van der Waals surface area contributed by atoms with Gasteiger partial charge in [0.2, 0.25) is 5.91 Å². The second-order valence-electron chi connectivity index (χ2n) is 5.91. The lowest BCUT2D eigenvalue weighted by molar-refractivity contribution is -0.122. The molecule has 2 aromatic rings. The SMILES string of the molecule is C[C@H]1CCCC[C@@H]1NC(=O)Cn1ccnc1-c1cnccn1. The monoisotopic (exact) mass is 299 g/mol. The number of imidazole rings is 1. The lowest BCUT2D eigenvalue weighted by Gasteiger charge is -2.29. The highest BCUT2D eigenvalue weighted by atomic mass is 16.2. The zero-order valence-electron chi connectivity index (χ0n) is 12.8. The highest BCUT2D eigenvalue weighted by Crippen LogP contribution is 2.23. The molecule has 1 aliphatic rings. The molecule has 2 aromatic heterocycles. The number of hydrogen-bond donors (Lipinski definition) is 1. The smallest absolute Gasteiger partial charge is 0.240 e. The van der Waals surface area contributed by atoms with E-state index in [-0.39, 0.29) is 12.5 Å². The quantitative estimate of drug-likeness (QED) is 0.937. The summed E-state index contributed by atoms with van der Waals surface area (Å²) in [4.78, 5) is 24.9. The summed E-state index contributed by atoms with van der Waals surface area (Å²) in [6.07, 6.45) is 13.1. The first-order valence-corrected chi connectivity index (χ1v) is 7.81. The maximum Gasteiger partial charge on any atom is 0.240 e. The number of rotatable bonds is 4. The van der Waals surface area contributed by atoms with E-state index < -0.39 is 0 Å². The molecule has 3 rings (SSSR count). The fraction of sp³-hybridized carbons (Fsp3) is 0.500. The molecule has 0 spiro atoms. The molecular weight excluding hydrogens is 278 g/mol. The highest BCUT2D eigenvalue weighted by Gasteiger charge is 2.23. The van der Waals surface area contributed by atoms with Gasteiger partial charge in [0.05, 0.1) is 6.20 Å². The fourth-order valence-electron chi connectivity index (χ4n) is 3.02. The Morgan fingerprint density at radius 2 is 2.14 bits per heavy atom. The Morgan fingerprint density at radius 3 is 2.91 bits per heavy atom. The van der Waals surface area contributed by atoms with Gasteiger partial charge < -0.3 is 9.88 Å². The van der Waals surface area contributed by atoms with Crippen LogP contribution in [0.3, 0.4) is 0 Å². The van der Waals surface area contributed by atoms with Crippen LogP contribution in [0.4, 0.5) is 0 Å². The van der Waals surface area contributed by atoms with E-state index in [4.69, 9.17) is 0 Å². The summed E-state index contributed by atoms with van der Waals surface area (Å²) in [5.74, 6) is 1.25. The van der Waals surface area contributed by atoms with Gasteiger partial charge in [0.1, 0.15) is 12.2 Å². The average Bonchev–Trinajstić information content (AvgIpc) is 2.98. The molecule has 1 saturated carbocycles. The lowest BCUT2D eigenvalue weighted by Crippen LogP contribution is -2.42. The Kier molecular flexibility index (Phi) is 4.46. The molecule has 0 unspecified atom stereocenters. The predicted octanol–water partition coefficient (Wildman–Crippen LogP) is 2.04. The minimum Gasteiger partial charge on any atom is -0.352 e. The summed E-state index contributed by atoms with van der Waals surface area (Å²) in [6.45, 7) is 2.47. The van der Waals surface area contributed by atoms with Crippen LogP contribution < -0.4 is 5.32 Å². The van der Waals surface area contributed by atoms with Gasteiger partial charge in [-0.25, -0.2) is 9.97 Å². The van der Waals surface area contributed by atoms with Gasteiger partial charge in [-0.2, -0.15) is 0 Å². The molecule has 0 aromatic carbocycles. The molecule has 1 fully saturated rings. The number of amides is 1. The molecule has 1 aliphatic carbocycles. The van der Waals surface area contributed by atoms with Crippen LogP contribution >= 0.6 is 0 Å². The summed E-state index contributed by atoms with van der Waals surface area (Å²) in [5, 5.41) is 3.16. The first-order chi connectivity index (χ1) is 10.7. The van der Waals surface area contributed by atoms with Gasteiger partial charge >= 0.3 is 0 Å². The molecule has 2 heterocycles. The summed E-state index contributed by atoms with van der Waals surface area (Å²) in [6, 6.07) is 0.296. The van der Waals surface area contributed by atoms with E-state index in [0.29, 0.717) is 23.5 Å². The Hall–Kier alpha value is -2.24.